The summed E-state index contributed by atoms with van der Waals surface area (Å²) in [7, 11) is 0. The molecule has 0 aliphatic rings. The van der Waals surface area contributed by atoms with Gasteiger partial charge in [-0.2, -0.15) is 0 Å². The van der Waals surface area contributed by atoms with Crippen molar-refractivity contribution in [2.75, 3.05) is 13.2 Å². The highest BCUT2D eigenvalue weighted by Gasteiger charge is 2.19. The molecule has 6 heteroatoms. The van der Waals surface area contributed by atoms with Crippen LogP contribution in [0.4, 0.5) is 0 Å². The van der Waals surface area contributed by atoms with Gasteiger partial charge in [0, 0.05) is 12.8 Å². The third-order valence-corrected chi connectivity index (χ3v) is 7.85. The van der Waals surface area contributed by atoms with Crippen molar-refractivity contribution in [1.82, 2.24) is 0 Å². The quantitative estimate of drug-likeness (QED) is 0.0302. The van der Waals surface area contributed by atoms with Gasteiger partial charge in [-0.1, -0.05) is 153 Å². The standard InChI is InChI=1S/C41H70O6/c1-4-7-10-13-16-19-20-23-25-28-31-34-40(43)46-37-38(47-41(44)35-32-29-26-22-18-15-12-9-6-3)36-45-39(42)33-30-27-24-21-17-14-11-8-5-2/h9,12,18,21-22,24,29,32,38H,4-8,10-11,13-17,19-20,23,25-28,30-31,33-37H2,1-3H3/b12-9-,22-18-,24-21-,32-29-. The number of carbonyl (C=O) groups excluding carboxylic acids is 3. The first-order valence-electron chi connectivity index (χ1n) is 19.1. The second-order valence-electron chi connectivity index (χ2n) is 12.5. The van der Waals surface area contributed by atoms with Gasteiger partial charge in [0.25, 0.3) is 0 Å². The van der Waals surface area contributed by atoms with Gasteiger partial charge in [0.05, 0.1) is 6.42 Å². The van der Waals surface area contributed by atoms with Gasteiger partial charge < -0.3 is 14.2 Å². The summed E-state index contributed by atoms with van der Waals surface area (Å²) in [5, 5.41) is 0. The molecule has 0 aliphatic heterocycles. The number of carbonyl (C=O) groups is 3. The lowest BCUT2D eigenvalue weighted by Crippen LogP contribution is -2.30. The van der Waals surface area contributed by atoms with Crippen molar-refractivity contribution >= 4 is 17.9 Å². The minimum absolute atomic E-state index is 0.103. The number of unbranched alkanes of at least 4 members (excludes halogenated alkanes) is 15. The summed E-state index contributed by atoms with van der Waals surface area (Å²) in [5.41, 5.74) is 0. The fraction of sp³-hybridized carbons (Fsp3) is 0.732. The number of hydrogen-bond acceptors (Lipinski definition) is 6. The highest BCUT2D eigenvalue weighted by molar-refractivity contribution is 5.72. The molecule has 0 radical (unpaired) electrons. The Morgan fingerprint density at radius 1 is 0.468 bits per heavy atom. The molecule has 0 saturated heterocycles. The fourth-order valence-corrected chi connectivity index (χ4v) is 4.98. The van der Waals surface area contributed by atoms with E-state index in [1.54, 1.807) is 6.08 Å². The largest absolute Gasteiger partial charge is 0.462 e. The van der Waals surface area contributed by atoms with Crippen LogP contribution in [0, 0.1) is 0 Å². The Kier molecular flexibility index (Phi) is 34.2. The van der Waals surface area contributed by atoms with Gasteiger partial charge in [0.15, 0.2) is 6.10 Å². The molecule has 0 rings (SSSR count). The average Bonchev–Trinajstić information content (AvgIpc) is 3.06. The van der Waals surface area contributed by atoms with Crippen molar-refractivity contribution in [2.45, 2.75) is 181 Å². The van der Waals surface area contributed by atoms with Gasteiger partial charge in [-0.05, 0) is 51.4 Å². The zero-order valence-corrected chi connectivity index (χ0v) is 30.5. The van der Waals surface area contributed by atoms with Crippen LogP contribution in [0.15, 0.2) is 48.6 Å². The molecule has 0 aromatic heterocycles. The molecule has 6 nitrogen and oxygen atoms in total. The lowest BCUT2D eigenvalue weighted by Gasteiger charge is -2.18. The first-order chi connectivity index (χ1) is 23.0. The lowest BCUT2D eigenvalue weighted by atomic mass is 10.1. The van der Waals surface area contributed by atoms with Crippen LogP contribution in [0.3, 0.4) is 0 Å². The van der Waals surface area contributed by atoms with Crippen LogP contribution in [-0.4, -0.2) is 37.2 Å². The van der Waals surface area contributed by atoms with Crippen molar-refractivity contribution in [3.05, 3.63) is 48.6 Å². The van der Waals surface area contributed by atoms with Crippen LogP contribution >= 0.6 is 0 Å². The van der Waals surface area contributed by atoms with E-state index in [1.807, 2.05) is 6.08 Å². The van der Waals surface area contributed by atoms with E-state index in [9.17, 15) is 14.4 Å². The second-order valence-corrected chi connectivity index (χ2v) is 12.5. The second kappa shape index (κ2) is 36.2. The minimum atomic E-state index is -0.825. The lowest BCUT2D eigenvalue weighted by molar-refractivity contribution is -0.166. The first kappa shape index (κ1) is 44.4. The fourth-order valence-electron chi connectivity index (χ4n) is 4.98. The van der Waals surface area contributed by atoms with E-state index in [-0.39, 0.29) is 31.6 Å². The number of hydrogen-bond donors (Lipinski definition) is 0. The van der Waals surface area contributed by atoms with E-state index >= 15 is 0 Å². The Bertz CT molecular complexity index is 856. The molecule has 0 fully saturated rings. The van der Waals surface area contributed by atoms with E-state index in [2.05, 4.69) is 57.2 Å². The highest BCUT2D eigenvalue weighted by atomic mass is 16.6. The Hall–Kier alpha value is -2.63. The van der Waals surface area contributed by atoms with Crippen molar-refractivity contribution in [1.29, 1.82) is 0 Å². The Labute approximate surface area is 288 Å². The summed E-state index contributed by atoms with van der Waals surface area (Å²) < 4.78 is 16.4. The van der Waals surface area contributed by atoms with Crippen molar-refractivity contribution in [2.24, 2.45) is 0 Å². The summed E-state index contributed by atoms with van der Waals surface area (Å²) in [6.45, 7) is 6.32. The smallest absolute Gasteiger partial charge is 0.310 e. The number of ether oxygens (including phenoxy) is 3. The number of allylic oxidation sites excluding steroid dienone is 7. The molecule has 0 aliphatic carbocycles. The first-order valence-corrected chi connectivity index (χ1v) is 19.1. The molecule has 47 heavy (non-hydrogen) atoms. The van der Waals surface area contributed by atoms with Gasteiger partial charge in [-0.25, -0.2) is 0 Å². The molecule has 0 aromatic carbocycles. The predicted molar refractivity (Wildman–Crippen MR) is 196 cm³/mol. The van der Waals surface area contributed by atoms with Crippen molar-refractivity contribution in [3.63, 3.8) is 0 Å². The van der Waals surface area contributed by atoms with Crippen molar-refractivity contribution in [3.8, 4) is 0 Å². The van der Waals surface area contributed by atoms with E-state index in [0.29, 0.717) is 19.3 Å². The molecule has 0 aromatic rings. The van der Waals surface area contributed by atoms with Gasteiger partial charge in [0.2, 0.25) is 0 Å². The maximum atomic E-state index is 12.5. The molecule has 0 heterocycles. The molecule has 0 spiro atoms. The minimum Gasteiger partial charge on any atom is -0.462 e. The van der Waals surface area contributed by atoms with Gasteiger partial charge >= 0.3 is 17.9 Å². The topological polar surface area (TPSA) is 78.9 Å². The number of esters is 3. The molecule has 0 bridgehead atoms. The van der Waals surface area contributed by atoms with E-state index in [0.717, 1.165) is 51.4 Å². The van der Waals surface area contributed by atoms with Crippen LogP contribution in [0.5, 0.6) is 0 Å². The molecular weight excluding hydrogens is 588 g/mol. The van der Waals surface area contributed by atoms with Crippen LogP contribution in [0.25, 0.3) is 0 Å². The zero-order valence-electron chi connectivity index (χ0n) is 30.5. The number of rotatable bonds is 33. The predicted octanol–water partition coefficient (Wildman–Crippen LogP) is 11.6. The molecular formula is C41H70O6. The Morgan fingerprint density at radius 2 is 0.915 bits per heavy atom. The molecule has 0 N–H and O–H groups in total. The SMILES string of the molecule is CC/C=C\C/C=C\C/C=C\CC(=O)OC(COC(=O)CCC/C=C\CCCCCC)COC(=O)CCCCCCCCCCCCC. The Morgan fingerprint density at radius 3 is 1.47 bits per heavy atom. The zero-order chi connectivity index (χ0) is 34.5. The monoisotopic (exact) mass is 659 g/mol. The maximum Gasteiger partial charge on any atom is 0.310 e. The van der Waals surface area contributed by atoms with Gasteiger partial charge in [-0.3, -0.25) is 14.4 Å². The van der Waals surface area contributed by atoms with Gasteiger partial charge in [0.1, 0.15) is 13.2 Å². The maximum absolute atomic E-state index is 12.5. The molecule has 1 atom stereocenters. The van der Waals surface area contributed by atoms with E-state index in [1.165, 1.54) is 77.0 Å². The third kappa shape index (κ3) is 34.5. The van der Waals surface area contributed by atoms with Crippen LogP contribution < -0.4 is 0 Å². The Balaban J connectivity index is 4.49. The average molecular weight is 659 g/mol. The van der Waals surface area contributed by atoms with Crippen LogP contribution in [-0.2, 0) is 28.6 Å². The summed E-state index contributed by atoms with van der Waals surface area (Å²) in [6.07, 6.45) is 40.0. The molecule has 270 valence electrons. The van der Waals surface area contributed by atoms with E-state index < -0.39 is 12.1 Å². The third-order valence-electron chi connectivity index (χ3n) is 7.85. The summed E-state index contributed by atoms with van der Waals surface area (Å²) in [6, 6.07) is 0. The molecule has 0 saturated carbocycles. The highest BCUT2D eigenvalue weighted by Crippen LogP contribution is 2.13. The summed E-state index contributed by atoms with van der Waals surface area (Å²) in [4.78, 5) is 37.2. The summed E-state index contributed by atoms with van der Waals surface area (Å²) in [5.74, 6) is -1.09. The molecule has 0 amide bonds. The normalized spacial score (nSPS) is 12.5. The van der Waals surface area contributed by atoms with Crippen molar-refractivity contribution < 1.29 is 28.6 Å². The molecule has 1 unspecified atom stereocenters. The van der Waals surface area contributed by atoms with Gasteiger partial charge in [-0.15, -0.1) is 0 Å². The van der Waals surface area contributed by atoms with Crippen LogP contribution in [0.1, 0.15) is 175 Å². The van der Waals surface area contributed by atoms with E-state index in [4.69, 9.17) is 14.2 Å². The van der Waals surface area contributed by atoms with Crippen LogP contribution in [0.2, 0.25) is 0 Å². The summed E-state index contributed by atoms with van der Waals surface area (Å²) >= 11 is 0.